The maximum Gasteiger partial charge on any atom is 0.254 e. The van der Waals surface area contributed by atoms with Crippen LogP contribution in [0.25, 0.3) is 0 Å². The zero-order valence-electron chi connectivity index (χ0n) is 17.7. The van der Waals surface area contributed by atoms with Crippen LogP contribution in [0.1, 0.15) is 39.8 Å². The second-order valence-electron chi connectivity index (χ2n) is 7.55. The Kier molecular flexibility index (Phi) is 5.74. The summed E-state index contributed by atoms with van der Waals surface area (Å²) in [6.07, 6.45) is 0. The van der Waals surface area contributed by atoms with E-state index in [1.54, 1.807) is 0 Å². The first-order valence-electron chi connectivity index (χ1n) is 10.3. The third-order valence-electron chi connectivity index (χ3n) is 5.29. The van der Waals surface area contributed by atoms with E-state index in [1.165, 1.54) is 0 Å². The third kappa shape index (κ3) is 4.17. The number of hydrogen-bond donors (Lipinski definition) is 0. The molecule has 1 aliphatic heterocycles. The maximum absolute atomic E-state index is 13.3. The molecule has 0 atom stereocenters. The smallest absolute Gasteiger partial charge is 0.254 e. The van der Waals surface area contributed by atoms with Crippen LogP contribution < -0.4 is 9.47 Å². The molecule has 0 fully saturated rings. The van der Waals surface area contributed by atoms with E-state index >= 15 is 0 Å². The van der Waals surface area contributed by atoms with Crippen LogP contribution in [-0.4, -0.2) is 40.3 Å². The first-order chi connectivity index (χ1) is 14.5. The molecule has 156 valence electrons. The van der Waals surface area contributed by atoms with Crippen LogP contribution >= 0.6 is 0 Å². The van der Waals surface area contributed by atoms with Crippen molar-refractivity contribution in [3.05, 3.63) is 76.6 Å². The molecule has 1 amide bonds. The number of aromatic nitrogens is 2. The van der Waals surface area contributed by atoms with E-state index in [0.29, 0.717) is 38.4 Å². The van der Waals surface area contributed by atoms with Gasteiger partial charge in [0.2, 0.25) is 0 Å². The van der Waals surface area contributed by atoms with Crippen molar-refractivity contribution in [3.8, 4) is 11.5 Å². The Morgan fingerprint density at radius 2 is 1.90 bits per heavy atom. The Balaban J connectivity index is 1.53. The Morgan fingerprint density at radius 1 is 1.10 bits per heavy atom. The molecule has 0 saturated heterocycles. The first kappa shape index (κ1) is 20.0. The van der Waals surface area contributed by atoms with Gasteiger partial charge in [0.25, 0.3) is 5.91 Å². The minimum atomic E-state index is 0.00190. The van der Waals surface area contributed by atoms with Crippen molar-refractivity contribution in [2.75, 3.05) is 19.8 Å². The molecular weight excluding hydrogens is 378 g/mol. The summed E-state index contributed by atoms with van der Waals surface area (Å²) < 4.78 is 13.4. The quantitative estimate of drug-likeness (QED) is 0.622. The Labute approximate surface area is 177 Å². The van der Waals surface area contributed by atoms with Gasteiger partial charge in [0, 0.05) is 29.9 Å². The average molecular weight is 405 g/mol. The van der Waals surface area contributed by atoms with Crippen LogP contribution in [0, 0.1) is 13.8 Å². The highest BCUT2D eigenvalue weighted by atomic mass is 16.6. The summed E-state index contributed by atoms with van der Waals surface area (Å²) in [7, 11) is 0. The van der Waals surface area contributed by atoms with Gasteiger partial charge < -0.3 is 14.4 Å². The molecule has 0 radical (unpaired) electrons. The highest BCUT2D eigenvalue weighted by Crippen LogP contribution is 2.34. The number of para-hydroxylation sites is 1. The lowest BCUT2D eigenvalue weighted by atomic mass is 10.1. The number of carbonyl (C=O) groups excluding carboxylic acids is 1. The van der Waals surface area contributed by atoms with E-state index in [0.717, 1.165) is 34.0 Å². The topological polar surface area (TPSA) is 56.6 Å². The largest absolute Gasteiger partial charge is 0.486 e. The molecule has 0 bridgehead atoms. The van der Waals surface area contributed by atoms with E-state index in [4.69, 9.17) is 9.47 Å². The number of carbonyl (C=O) groups is 1. The maximum atomic E-state index is 13.3. The van der Waals surface area contributed by atoms with Crippen molar-refractivity contribution >= 4 is 5.91 Å². The Hall–Kier alpha value is -3.28. The number of fused-ring (bicyclic) bond motifs is 1. The number of hydrogen-bond acceptors (Lipinski definition) is 4. The molecule has 0 N–H and O–H groups in total. The zero-order valence-corrected chi connectivity index (χ0v) is 17.7. The van der Waals surface area contributed by atoms with Gasteiger partial charge in [0.05, 0.1) is 12.2 Å². The number of nitrogens with zero attached hydrogens (tertiary/aromatic N) is 3. The van der Waals surface area contributed by atoms with Gasteiger partial charge in [0.1, 0.15) is 13.2 Å². The van der Waals surface area contributed by atoms with E-state index in [9.17, 15) is 4.79 Å². The second-order valence-corrected chi connectivity index (χ2v) is 7.55. The summed E-state index contributed by atoms with van der Waals surface area (Å²) >= 11 is 0. The predicted molar refractivity (Wildman–Crippen MR) is 115 cm³/mol. The molecule has 1 aliphatic rings. The van der Waals surface area contributed by atoms with Gasteiger partial charge in [-0.1, -0.05) is 24.3 Å². The number of ether oxygens (including phenoxy) is 2. The number of benzene rings is 2. The van der Waals surface area contributed by atoms with Crippen LogP contribution in [-0.2, 0) is 13.1 Å². The van der Waals surface area contributed by atoms with Crippen LogP contribution in [0.3, 0.4) is 0 Å². The highest BCUT2D eigenvalue weighted by Gasteiger charge is 2.20. The molecule has 2 aromatic carbocycles. The lowest BCUT2D eigenvalue weighted by Gasteiger charge is -2.25. The summed E-state index contributed by atoms with van der Waals surface area (Å²) in [4.78, 5) is 15.1. The van der Waals surface area contributed by atoms with Crippen molar-refractivity contribution in [1.29, 1.82) is 0 Å². The summed E-state index contributed by atoms with van der Waals surface area (Å²) in [6.45, 7) is 8.82. The molecule has 0 unspecified atom stereocenters. The summed E-state index contributed by atoms with van der Waals surface area (Å²) in [5.74, 6) is 1.49. The molecule has 0 spiro atoms. The molecule has 2 heterocycles. The Morgan fingerprint density at radius 3 is 2.67 bits per heavy atom. The van der Waals surface area contributed by atoms with E-state index in [2.05, 4.69) is 11.2 Å². The SMILES string of the molecule is CCN(Cc1cccc2c1OCCO2)C(=O)c1cccc(Cn2nc(C)cc2C)c1. The fraction of sp³-hybridized carbons (Fsp3) is 0.333. The monoisotopic (exact) mass is 405 g/mol. The fourth-order valence-electron chi connectivity index (χ4n) is 3.78. The van der Waals surface area contributed by atoms with Crippen LogP contribution in [0.5, 0.6) is 11.5 Å². The molecule has 30 heavy (non-hydrogen) atoms. The second kappa shape index (κ2) is 8.61. The van der Waals surface area contributed by atoms with Gasteiger partial charge in [-0.25, -0.2) is 0 Å². The highest BCUT2D eigenvalue weighted by molar-refractivity contribution is 5.94. The minimum absolute atomic E-state index is 0.00190. The standard InChI is InChI=1S/C24H27N3O3/c1-4-26(16-21-9-6-10-22-23(21)30-12-11-29-22)24(28)20-8-5-7-19(14-20)15-27-18(3)13-17(2)25-27/h5-10,13-14H,4,11-12,15-16H2,1-3H3. The normalized spacial score (nSPS) is 12.6. The molecule has 6 nitrogen and oxygen atoms in total. The first-order valence-corrected chi connectivity index (χ1v) is 10.3. The molecule has 1 aromatic heterocycles. The van der Waals surface area contributed by atoms with Gasteiger partial charge in [-0.3, -0.25) is 9.48 Å². The molecule has 4 rings (SSSR count). The predicted octanol–water partition coefficient (Wildman–Crippen LogP) is 3.98. The minimum Gasteiger partial charge on any atom is -0.486 e. The van der Waals surface area contributed by atoms with Gasteiger partial charge >= 0.3 is 0 Å². The summed E-state index contributed by atoms with van der Waals surface area (Å²) in [5, 5.41) is 4.52. The number of amides is 1. The van der Waals surface area contributed by atoms with Crippen LogP contribution in [0.2, 0.25) is 0 Å². The molecular formula is C24H27N3O3. The Bertz CT molecular complexity index is 1060. The van der Waals surface area contributed by atoms with Crippen molar-refractivity contribution in [3.63, 3.8) is 0 Å². The lowest BCUT2D eigenvalue weighted by Crippen LogP contribution is -2.31. The fourth-order valence-corrected chi connectivity index (χ4v) is 3.78. The van der Waals surface area contributed by atoms with Crippen LogP contribution in [0.15, 0.2) is 48.5 Å². The van der Waals surface area contributed by atoms with E-state index < -0.39 is 0 Å². The molecule has 0 saturated carbocycles. The van der Waals surface area contributed by atoms with Crippen molar-refractivity contribution in [2.24, 2.45) is 0 Å². The van der Waals surface area contributed by atoms with Gasteiger partial charge in [0.15, 0.2) is 11.5 Å². The van der Waals surface area contributed by atoms with Crippen molar-refractivity contribution in [1.82, 2.24) is 14.7 Å². The molecule has 0 aliphatic carbocycles. The third-order valence-corrected chi connectivity index (χ3v) is 5.29. The van der Waals surface area contributed by atoms with Gasteiger partial charge in [-0.15, -0.1) is 0 Å². The summed E-state index contributed by atoms with van der Waals surface area (Å²) in [6, 6.07) is 15.7. The van der Waals surface area contributed by atoms with Crippen molar-refractivity contribution < 1.29 is 14.3 Å². The molecule has 3 aromatic rings. The molecule has 6 heteroatoms. The zero-order chi connectivity index (χ0) is 21.1. The lowest BCUT2D eigenvalue weighted by molar-refractivity contribution is 0.0749. The van der Waals surface area contributed by atoms with E-state index in [-0.39, 0.29) is 5.91 Å². The van der Waals surface area contributed by atoms with Gasteiger partial charge in [-0.05, 0) is 50.6 Å². The number of rotatable bonds is 6. The van der Waals surface area contributed by atoms with Crippen molar-refractivity contribution in [2.45, 2.75) is 33.9 Å². The summed E-state index contributed by atoms with van der Waals surface area (Å²) in [5.41, 5.74) is 4.79. The average Bonchev–Trinajstić information content (AvgIpc) is 3.08. The van der Waals surface area contributed by atoms with Crippen LogP contribution in [0.4, 0.5) is 0 Å². The number of aryl methyl sites for hydroxylation is 2. The van der Waals surface area contributed by atoms with Gasteiger partial charge in [-0.2, -0.15) is 5.10 Å². The van der Waals surface area contributed by atoms with E-state index in [1.807, 2.05) is 72.8 Å².